The largest absolute Gasteiger partial charge is 0.504 e. The summed E-state index contributed by atoms with van der Waals surface area (Å²) >= 11 is 1.99. The lowest BCUT2D eigenvalue weighted by Gasteiger charge is -2.49. The molecule has 3 aromatic carbocycles. The summed E-state index contributed by atoms with van der Waals surface area (Å²) < 4.78 is 5.97. The summed E-state index contributed by atoms with van der Waals surface area (Å²) in [7, 11) is 1.43. The molecule has 0 radical (unpaired) electrons. The standard InChI is InChI=1S/C34H28IN3O8/c1-34-24(31(41)37(33(34)43)18-7-4-3-5-8-18)16-23-21(28(34)17-13-25(35)29(39)26(14-17)46-2)11-12-22-27(23)32(42)36(30(22)40)19-9-6-10-20(15-19)38(44)45/h3-11,13-15,22-24,27-28,39H,12,16H2,1-2H3. The van der Waals surface area contributed by atoms with Crippen LogP contribution in [0.15, 0.2) is 78.4 Å². The number of amides is 4. The van der Waals surface area contributed by atoms with E-state index in [-0.39, 0.29) is 47.5 Å². The van der Waals surface area contributed by atoms with E-state index in [9.17, 15) is 34.4 Å². The fourth-order valence-electron chi connectivity index (χ4n) is 8.13. The summed E-state index contributed by atoms with van der Waals surface area (Å²) in [6.45, 7) is 1.79. The fourth-order valence-corrected chi connectivity index (χ4v) is 8.76. The molecule has 0 spiro atoms. The first-order chi connectivity index (χ1) is 22.0. The summed E-state index contributed by atoms with van der Waals surface area (Å²) in [6.07, 6.45) is 2.32. The molecule has 1 saturated carbocycles. The number of benzene rings is 3. The number of halogens is 1. The van der Waals surface area contributed by atoms with Gasteiger partial charge < -0.3 is 9.84 Å². The van der Waals surface area contributed by atoms with Crippen LogP contribution in [0, 0.1) is 42.8 Å². The zero-order valence-corrected chi connectivity index (χ0v) is 26.9. The molecular weight excluding hydrogens is 705 g/mol. The lowest BCUT2D eigenvalue weighted by Crippen LogP contribution is -2.48. The normalized spacial score (nSPS) is 28.5. The molecule has 2 heterocycles. The number of nitro groups is 1. The quantitative estimate of drug-likeness (QED) is 0.121. The van der Waals surface area contributed by atoms with Gasteiger partial charge in [0.1, 0.15) is 0 Å². The van der Waals surface area contributed by atoms with E-state index in [1.54, 1.807) is 49.4 Å². The number of anilines is 2. The third-order valence-electron chi connectivity index (χ3n) is 10.2. The maximum atomic E-state index is 14.5. The number of non-ortho nitro benzene ring substituents is 1. The van der Waals surface area contributed by atoms with Crippen molar-refractivity contribution < 1.29 is 33.9 Å². The van der Waals surface area contributed by atoms with Crippen molar-refractivity contribution in [3.8, 4) is 11.5 Å². The van der Waals surface area contributed by atoms with Crippen LogP contribution in [0.25, 0.3) is 0 Å². The number of carbonyl (C=O) groups excluding carboxylic acids is 4. The number of ether oxygens (including phenoxy) is 1. The first-order valence-electron chi connectivity index (χ1n) is 14.8. The van der Waals surface area contributed by atoms with Gasteiger partial charge in [0.05, 0.1) is 50.1 Å². The highest BCUT2D eigenvalue weighted by molar-refractivity contribution is 14.1. The molecule has 0 bridgehead atoms. The van der Waals surface area contributed by atoms with Crippen LogP contribution in [0.1, 0.15) is 31.2 Å². The fraction of sp³-hybridized carbons (Fsp3) is 0.294. The summed E-state index contributed by atoms with van der Waals surface area (Å²) in [5, 5.41) is 22.1. The maximum Gasteiger partial charge on any atom is 0.271 e. The number of para-hydroxylation sites is 1. The zero-order valence-electron chi connectivity index (χ0n) is 24.8. The van der Waals surface area contributed by atoms with E-state index in [0.29, 0.717) is 14.8 Å². The molecule has 6 atom stereocenters. The highest BCUT2D eigenvalue weighted by Gasteiger charge is 2.67. The van der Waals surface area contributed by atoms with Gasteiger partial charge in [-0.15, -0.1) is 0 Å². The Morgan fingerprint density at radius 2 is 1.65 bits per heavy atom. The third kappa shape index (κ3) is 4.15. The highest BCUT2D eigenvalue weighted by Crippen LogP contribution is 2.64. The number of allylic oxidation sites excluding steroid dienone is 2. The van der Waals surface area contributed by atoms with Crippen molar-refractivity contribution in [2.24, 2.45) is 29.1 Å². The molecular formula is C34H28IN3O8. The number of nitro benzene ring substituents is 1. The number of hydrogen-bond donors (Lipinski definition) is 1. The van der Waals surface area contributed by atoms with Gasteiger partial charge >= 0.3 is 0 Å². The van der Waals surface area contributed by atoms with Gasteiger partial charge in [-0.1, -0.05) is 35.9 Å². The number of hydrogen-bond acceptors (Lipinski definition) is 8. The lowest BCUT2D eigenvalue weighted by molar-refractivity contribution is -0.384. The van der Waals surface area contributed by atoms with Crippen molar-refractivity contribution >= 4 is 63.3 Å². The van der Waals surface area contributed by atoms with Crippen LogP contribution in [-0.2, 0) is 19.2 Å². The van der Waals surface area contributed by atoms with Gasteiger partial charge in [-0.2, -0.15) is 0 Å². The summed E-state index contributed by atoms with van der Waals surface area (Å²) in [5.74, 6) is -5.14. The Morgan fingerprint density at radius 1 is 0.935 bits per heavy atom. The van der Waals surface area contributed by atoms with Crippen LogP contribution >= 0.6 is 22.6 Å². The number of phenolic OH excluding ortho intramolecular Hbond substituents is 1. The molecule has 4 aliphatic rings. The second kappa shape index (κ2) is 10.7. The molecule has 0 aromatic heterocycles. The Hall–Kier alpha value is -4.59. The van der Waals surface area contributed by atoms with E-state index in [2.05, 4.69) is 0 Å². The second-order valence-corrected chi connectivity index (χ2v) is 13.5. The van der Waals surface area contributed by atoms with Crippen LogP contribution in [-0.4, -0.2) is 40.8 Å². The molecule has 3 fully saturated rings. The number of carbonyl (C=O) groups is 4. The minimum Gasteiger partial charge on any atom is -0.504 e. The number of aromatic hydroxyl groups is 1. The van der Waals surface area contributed by atoms with Crippen molar-refractivity contribution in [3.63, 3.8) is 0 Å². The minimum atomic E-state index is -1.25. The lowest BCUT2D eigenvalue weighted by atomic mass is 9.51. The van der Waals surface area contributed by atoms with Crippen LogP contribution in [0.2, 0.25) is 0 Å². The predicted octanol–water partition coefficient (Wildman–Crippen LogP) is 5.35. The molecule has 2 saturated heterocycles. The topological polar surface area (TPSA) is 147 Å². The molecule has 2 aliphatic carbocycles. The van der Waals surface area contributed by atoms with Gasteiger partial charge in [-0.3, -0.25) is 29.3 Å². The number of methoxy groups -OCH3 is 1. The van der Waals surface area contributed by atoms with Crippen LogP contribution in [0.5, 0.6) is 11.5 Å². The van der Waals surface area contributed by atoms with Gasteiger partial charge in [-0.25, -0.2) is 9.80 Å². The summed E-state index contributed by atoms with van der Waals surface area (Å²) in [6, 6.07) is 17.6. The van der Waals surface area contributed by atoms with E-state index in [1.807, 2.05) is 28.7 Å². The van der Waals surface area contributed by atoms with Gasteiger partial charge in [-0.05, 0) is 84.2 Å². The molecule has 3 aromatic rings. The van der Waals surface area contributed by atoms with Gasteiger partial charge in [0.2, 0.25) is 23.6 Å². The number of rotatable bonds is 5. The summed E-state index contributed by atoms with van der Waals surface area (Å²) in [4.78, 5) is 70.0. The molecule has 234 valence electrons. The third-order valence-corrected chi connectivity index (χ3v) is 11.0. The van der Waals surface area contributed by atoms with Crippen LogP contribution in [0.3, 0.4) is 0 Å². The first-order valence-corrected chi connectivity index (χ1v) is 15.9. The summed E-state index contributed by atoms with van der Waals surface area (Å²) in [5.41, 5.74) is 0.498. The Balaban J connectivity index is 1.38. The zero-order chi connectivity index (χ0) is 32.7. The molecule has 11 nitrogen and oxygen atoms in total. The Morgan fingerprint density at radius 3 is 2.35 bits per heavy atom. The van der Waals surface area contributed by atoms with Crippen molar-refractivity contribution in [2.45, 2.75) is 25.7 Å². The van der Waals surface area contributed by atoms with Gasteiger partial charge in [0.25, 0.3) is 5.69 Å². The smallest absolute Gasteiger partial charge is 0.271 e. The second-order valence-electron chi connectivity index (χ2n) is 12.3. The number of imide groups is 2. The van der Waals surface area contributed by atoms with E-state index in [1.165, 1.54) is 36.3 Å². The minimum absolute atomic E-state index is 0.0532. The van der Waals surface area contributed by atoms with E-state index in [4.69, 9.17) is 4.74 Å². The van der Waals surface area contributed by atoms with E-state index >= 15 is 0 Å². The monoisotopic (exact) mass is 733 g/mol. The molecule has 46 heavy (non-hydrogen) atoms. The SMILES string of the molecule is COc1cc(C2C3=CCC4C(=O)N(c5cccc([N+](=O)[O-])c5)C(=O)C4C3CC3C(=O)N(c4ccccc4)C(=O)C32C)cc(I)c1O. The van der Waals surface area contributed by atoms with Gasteiger partial charge in [0, 0.05) is 18.1 Å². The van der Waals surface area contributed by atoms with E-state index in [0.717, 1.165) is 10.5 Å². The maximum absolute atomic E-state index is 14.5. The van der Waals surface area contributed by atoms with Crippen LogP contribution in [0.4, 0.5) is 17.1 Å². The predicted molar refractivity (Wildman–Crippen MR) is 174 cm³/mol. The van der Waals surface area contributed by atoms with E-state index < -0.39 is 51.7 Å². The van der Waals surface area contributed by atoms with Crippen molar-refractivity contribution in [1.82, 2.24) is 0 Å². The number of fused-ring (bicyclic) bond motifs is 4. The average Bonchev–Trinajstić information content (AvgIpc) is 3.42. The highest BCUT2D eigenvalue weighted by atomic mass is 127. The first kappa shape index (κ1) is 30.1. The Kier molecular flexibility index (Phi) is 7.03. The van der Waals surface area contributed by atoms with Crippen molar-refractivity contribution in [3.05, 3.63) is 97.6 Å². The Bertz CT molecular complexity index is 1890. The molecule has 4 amide bonds. The average molecular weight is 734 g/mol. The number of phenols is 1. The molecule has 6 unspecified atom stereocenters. The van der Waals surface area contributed by atoms with Crippen molar-refractivity contribution in [2.75, 3.05) is 16.9 Å². The molecule has 12 heteroatoms. The molecule has 2 aliphatic heterocycles. The number of nitrogens with zero attached hydrogens (tertiary/aromatic N) is 3. The molecule has 1 N–H and O–H groups in total. The Labute approximate surface area is 277 Å². The van der Waals surface area contributed by atoms with Crippen LogP contribution < -0.4 is 14.5 Å². The van der Waals surface area contributed by atoms with Crippen molar-refractivity contribution in [1.29, 1.82) is 0 Å². The van der Waals surface area contributed by atoms with Gasteiger partial charge in [0.15, 0.2) is 11.5 Å². The molecule has 7 rings (SSSR count).